The second-order valence-electron chi connectivity index (χ2n) is 7.94. The van der Waals surface area contributed by atoms with Crippen molar-refractivity contribution in [1.29, 1.82) is 0 Å². The summed E-state index contributed by atoms with van der Waals surface area (Å²) >= 11 is 0. The van der Waals surface area contributed by atoms with Gasteiger partial charge in [-0.2, -0.15) is 13.2 Å². The van der Waals surface area contributed by atoms with Gasteiger partial charge in [0, 0.05) is 5.56 Å². The van der Waals surface area contributed by atoms with E-state index in [1.54, 1.807) is 37.3 Å². The van der Waals surface area contributed by atoms with Crippen LogP contribution in [0.25, 0.3) is 11.3 Å². The van der Waals surface area contributed by atoms with Crippen molar-refractivity contribution in [1.82, 2.24) is 9.97 Å². The molecule has 1 amide bonds. The molecule has 3 aromatic rings. The summed E-state index contributed by atoms with van der Waals surface area (Å²) in [5.41, 5.74) is -0.921. The van der Waals surface area contributed by atoms with Crippen LogP contribution in [0.15, 0.2) is 48.7 Å². The number of aromatic nitrogens is 2. The first-order valence-corrected chi connectivity index (χ1v) is 10.4. The van der Waals surface area contributed by atoms with Gasteiger partial charge in [-0.05, 0) is 44.4 Å². The van der Waals surface area contributed by atoms with E-state index in [-0.39, 0.29) is 17.4 Å². The summed E-state index contributed by atoms with van der Waals surface area (Å²) in [6.07, 6.45) is -3.26. The predicted octanol–water partition coefficient (Wildman–Crippen LogP) is 6.10. The van der Waals surface area contributed by atoms with Crippen LogP contribution in [0.4, 0.5) is 23.2 Å². The zero-order valence-electron chi connectivity index (χ0n) is 17.9. The van der Waals surface area contributed by atoms with Gasteiger partial charge in [0.25, 0.3) is 5.91 Å². The van der Waals surface area contributed by atoms with E-state index in [1.807, 2.05) is 6.92 Å². The van der Waals surface area contributed by atoms with Crippen LogP contribution in [0.5, 0.6) is 0 Å². The highest BCUT2D eigenvalue weighted by atomic mass is 19.4. The molecule has 4 rings (SSSR count). The van der Waals surface area contributed by atoms with E-state index in [0.29, 0.717) is 29.9 Å². The van der Waals surface area contributed by atoms with E-state index in [0.717, 1.165) is 12.1 Å². The third kappa shape index (κ3) is 4.88. The summed E-state index contributed by atoms with van der Waals surface area (Å²) in [4.78, 5) is 21.4. The average Bonchev–Trinajstić information content (AvgIpc) is 3.21. The Morgan fingerprint density at radius 2 is 1.88 bits per heavy atom. The first-order chi connectivity index (χ1) is 15.6. The Hall–Kier alpha value is -3.33. The van der Waals surface area contributed by atoms with E-state index >= 15 is 0 Å². The zero-order valence-corrected chi connectivity index (χ0v) is 17.9. The first kappa shape index (κ1) is 22.8. The van der Waals surface area contributed by atoms with Crippen molar-refractivity contribution in [2.45, 2.75) is 45.1 Å². The van der Waals surface area contributed by atoms with Crippen molar-refractivity contribution in [2.75, 3.05) is 5.32 Å². The number of carbonyl (C=O) groups is 1. The van der Waals surface area contributed by atoms with Crippen LogP contribution >= 0.6 is 0 Å². The molecule has 1 fully saturated rings. The molecule has 172 valence electrons. The van der Waals surface area contributed by atoms with Crippen molar-refractivity contribution in [3.8, 4) is 11.3 Å². The topological polar surface area (TPSA) is 64.1 Å². The molecule has 0 aliphatic carbocycles. The second kappa shape index (κ2) is 8.90. The number of alkyl halides is 3. The summed E-state index contributed by atoms with van der Waals surface area (Å²) in [7, 11) is 0. The fourth-order valence-corrected chi connectivity index (χ4v) is 3.82. The van der Waals surface area contributed by atoms with Crippen molar-refractivity contribution >= 4 is 11.6 Å². The van der Waals surface area contributed by atoms with Crippen molar-refractivity contribution < 1.29 is 27.1 Å². The molecular weight excluding hydrogens is 438 g/mol. The number of hydrogen-bond acceptors (Lipinski definition) is 4. The molecule has 5 nitrogen and oxygen atoms in total. The van der Waals surface area contributed by atoms with Gasteiger partial charge >= 0.3 is 6.18 Å². The van der Waals surface area contributed by atoms with Crippen LogP contribution in [0.1, 0.15) is 53.2 Å². The molecule has 1 aliphatic rings. The lowest BCUT2D eigenvalue weighted by Gasteiger charge is -2.18. The summed E-state index contributed by atoms with van der Waals surface area (Å²) in [6, 6.07) is 10.7. The number of nitrogens with one attached hydrogen (secondary N) is 1. The number of nitrogens with zero attached hydrogens (tertiary/aromatic N) is 2. The number of anilines is 1. The lowest BCUT2D eigenvalue weighted by atomic mass is 9.98. The molecule has 1 aromatic heterocycles. The van der Waals surface area contributed by atoms with Crippen LogP contribution in [0.2, 0.25) is 0 Å². The Morgan fingerprint density at radius 1 is 1.15 bits per heavy atom. The van der Waals surface area contributed by atoms with Gasteiger partial charge in [0.1, 0.15) is 11.6 Å². The van der Waals surface area contributed by atoms with Gasteiger partial charge in [0.15, 0.2) is 0 Å². The Bertz CT molecular complexity index is 1180. The van der Waals surface area contributed by atoms with E-state index < -0.39 is 35.1 Å². The fourth-order valence-electron chi connectivity index (χ4n) is 3.82. The van der Waals surface area contributed by atoms with Gasteiger partial charge < -0.3 is 10.1 Å². The maximum atomic E-state index is 14.9. The van der Waals surface area contributed by atoms with Gasteiger partial charge in [0.05, 0.1) is 40.9 Å². The monoisotopic (exact) mass is 459 g/mol. The molecule has 2 heterocycles. The van der Waals surface area contributed by atoms with Crippen molar-refractivity contribution in [3.05, 3.63) is 77.0 Å². The zero-order chi connectivity index (χ0) is 23.8. The highest BCUT2D eigenvalue weighted by Crippen LogP contribution is 2.39. The SMILES string of the molecule is Cc1ncc(NC(=O)c2cc(C3CCC(C)O3)cc(C(F)(F)F)c2F)c(-c2ccccc2)n1. The van der Waals surface area contributed by atoms with Crippen LogP contribution in [-0.2, 0) is 10.9 Å². The molecular formula is C24H21F4N3O2. The first-order valence-electron chi connectivity index (χ1n) is 10.4. The third-order valence-electron chi connectivity index (χ3n) is 5.45. The smallest absolute Gasteiger partial charge is 0.371 e. The molecule has 33 heavy (non-hydrogen) atoms. The highest BCUT2D eigenvalue weighted by Gasteiger charge is 2.38. The summed E-state index contributed by atoms with van der Waals surface area (Å²) < 4.78 is 61.2. The van der Waals surface area contributed by atoms with E-state index in [1.165, 1.54) is 6.20 Å². The Kier molecular flexibility index (Phi) is 6.16. The quantitative estimate of drug-likeness (QED) is 0.479. The molecule has 1 N–H and O–H groups in total. The van der Waals surface area contributed by atoms with Crippen molar-refractivity contribution in [2.24, 2.45) is 0 Å². The predicted molar refractivity (Wildman–Crippen MR) is 114 cm³/mol. The number of rotatable bonds is 4. The fraction of sp³-hybridized carbons (Fsp3) is 0.292. The molecule has 1 saturated heterocycles. The van der Waals surface area contributed by atoms with Crippen LogP contribution in [0.3, 0.4) is 0 Å². The van der Waals surface area contributed by atoms with Gasteiger partial charge in [-0.25, -0.2) is 14.4 Å². The minimum atomic E-state index is -4.97. The van der Waals surface area contributed by atoms with Gasteiger partial charge in [-0.15, -0.1) is 0 Å². The molecule has 0 spiro atoms. The summed E-state index contributed by atoms with van der Waals surface area (Å²) in [5.74, 6) is -2.23. The molecule has 1 aliphatic heterocycles. The molecule has 2 aromatic carbocycles. The largest absolute Gasteiger partial charge is 0.419 e. The minimum absolute atomic E-state index is 0.113. The van der Waals surface area contributed by atoms with E-state index in [4.69, 9.17) is 4.74 Å². The Morgan fingerprint density at radius 3 is 2.52 bits per heavy atom. The molecule has 9 heteroatoms. The number of amides is 1. The van der Waals surface area contributed by atoms with E-state index in [9.17, 15) is 22.4 Å². The lowest BCUT2D eigenvalue weighted by molar-refractivity contribution is -0.140. The molecule has 2 atom stereocenters. The number of halogens is 4. The van der Waals surface area contributed by atoms with E-state index in [2.05, 4.69) is 15.3 Å². The van der Waals surface area contributed by atoms with Crippen LogP contribution in [0, 0.1) is 12.7 Å². The maximum absolute atomic E-state index is 14.9. The van der Waals surface area contributed by atoms with Crippen LogP contribution in [-0.4, -0.2) is 22.0 Å². The highest BCUT2D eigenvalue weighted by molar-refractivity contribution is 6.06. The van der Waals surface area contributed by atoms with Crippen LogP contribution < -0.4 is 5.32 Å². The third-order valence-corrected chi connectivity index (χ3v) is 5.45. The minimum Gasteiger partial charge on any atom is -0.371 e. The van der Waals surface area contributed by atoms with Gasteiger partial charge in [-0.1, -0.05) is 30.3 Å². The van der Waals surface area contributed by atoms with Gasteiger partial charge in [0.2, 0.25) is 0 Å². The second-order valence-corrected chi connectivity index (χ2v) is 7.94. The number of carbonyl (C=O) groups excluding carboxylic acids is 1. The van der Waals surface area contributed by atoms with Gasteiger partial charge in [-0.3, -0.25) is 4.79 Å². The Balaban J connectivity index is 1.75. The number of hydrogen-bond donors (Lipinski definition) is 1. The summed E-state index contributed by atoms with van der Waals surface area (Å²) in [6.45, 7) is 3.48. The molecule has 0 radical (unpaired) electrons. The summed E-state index contributed by atoms with van der Waals surface area (Å²) in [5, 5.41) is 2.49. The number of ether oxygens (including phenoxy) is 1. The molecule has 2 unspecified atom stereocenters. The van der Waals surface area contributed by atoms with Crippen molar-refractivity contribution in [3.63, 3.8) is 0 Å². The average molecular weight is 459 g/mol. The molecule has 0 saturated carbocycles. The maximum Gasteiger partial charge on any atom is 0.419 e. The normalized spacial score (nSPS) is 18.4. The lowest BCUT2D eigenvalue weighted by Crippen LogP contribution is -2.20. The number of aryl methyl sites for hydroxylation is 1. The molecule has 0 bridgehead atoms. The standard InChI is InChI=1S/C24H21F4N3O2/c1-13-8-9-20(33-13)16-10-17(21(25)18(11-16)24(26,27)28)23(32)31-19-12-29-14(2)30-22(19)15-6-4-3-5-7-15/h3-7,10-13,20H,8-9H2,1-2H3,(H,31,32). The number of benzene rings is 2. The Labute approximate surface area is 187 Å².